The number of aromatic amines is 1. The number of nitrogens with zero attached hydrogens (tertiary/aromatic N) is 1. The summed E-state index contributed by atoms with van der Waals surface area (Å²) in [6.07, 6.45) is 2.20. The number of halogens is 1. The van der Waals surface area contributed by atoms with Crippen LogP contribution in [-0.2, 0) is 4.79 Å². The van der Waals surface area contributed by atoms with Gasteiger partial charge in [-0.1, -0.05) is 6.92 Å². The Kier molecular flexibility index (Phi) is 3.63. The van der Waals surface area contributed by atoms with Crippen molar-refractivity contribution in [3.63, 3.8) is 0 Å². The molecule has 0 aromatic carbocycles. The van der Waals surface area contributed by atoms with Crippen LogP contribution < -0.4 is 0 Å². The standard InChI is InChI=1S/C11H11BrN2O2S/c1-2-6(11(15)16)10-13-5-7(14-10)8-3-4-9(12)17-8/h3-6H,2H2,1H3,(H,13,14)(H,15,16). The summed E-state index contributed by atoms with van der Waals surface area (Å²) in [6, 6.07) is 3.92. The Labute approximate surface area is 111 Å². The van der Waals surface area contributed by atoms with Crippen LogP contribution in [0.4, 0.5) is 0 Å². The lowest BCUT2D eigenvalue weighted by Gasteiger charge is -2.04. The van der Waals surface area contributed by atoms with Crippen LogP contribution in [0.15, 0.2) is 22.1 Å². The number of hydrogen-bond donors (Lipinski definition) is 2. The first-order valence-electron chi connectivity index (χ1n) is 5.15. The number of nitrogens with one attached hydrogen (secondary N) is 1. The van der Waals surface area contributed by atoms with Crippen LogP contribution in [0.5, 0.6) is 0 Å². The van der Waals surface area contributed by atoms with Crippen molar-refractivity contribution in [2.24, 2.45) is 0 Å². The Balaban J connectivity index is 2.29. The molecule has 0 fully saturated rings. The van der Waals surface area contributed by atoms with Gasteiger partial charge in [0.1, 0.15) is 11.7 Å². The second-order valence-corrected chi connectivity index (χ2v) is 6.05. The molecule has 2 N–H and O–H groups in total. The highest BCUT2D eigenvalue weighted by atomic mass is 79.9. The van der Waals surface area contributed by atoms with E-state index in [4.69, 9.17) is 5.11 Å². The molecule has 0 saturated carbocycles. The SMILES string of the molecule is CCC(C(=O)O)c1ncc(-c2ccc(Br)s2)[nH]1. The highest BCUT2D eigenvalue weighted by Crippen LogP contribution is 2.31. The normalized spacial score (nSPS) is 12.6. The molecule has 0 amide bonds. The van der Waals surface area contributed by atoms with Gasteiger partial charge in [-0.3, -0.25) is 4.79 Å². The van der Waals surface area contributed by atoms with Gasteiger partial charge in [-0.25, -0.2) is 4.98 Å². The van der Waals surface area contributed by atoms with Gasteiger partial charge in [0.15, 0.2) is 0 Å². The second kappa shape index (κ2) is 5.01. The second-order valence-electron chi connectivity index (χ2n) is 3.58. The van der Waals surface area contributed by atoms with E-state index in [-0.39, 0.29) is 0 Å². The number of H-pyrrole nitrogens is 1. The minimum atomic E-state index is -0.847. The zero-order valence-corrected chi connectivity index (χ0v) is 11.5. The zero-order valence-electron chi connectivity index (χ0n) is 9.11. The van der Waals surface area contributed by atoms with Crippen molar-refractivity contribution < 1.29 is 9.90 Å². The monoisotopic (exact) mass is 314 g/mol. The summed E-state index contributed by atoms with van der Waals surface area (Å²) in [5.41, 5.74) is 0.857. The Morgan fingerprint density at radius 3 is 2.94 bits per heavy atom. The molecule has 2 aromatic rings. The lowest BCUT2D eigenvalue weighted by Crippen LogP contribution is -2.11. The predicted molar refractivity (Wildman–Crippen MR) is 70.3 cm³/mol. The van der Waals surface area contributed by atoms with Crippen LogP contribution in [0.1, 0.15) is 25.1 Å². The van der Waals surface area contributed by atoms with Gasteiger partial charge in [-0.15, -0.1) is 11.3 Å². The van der Waals surface area contributed by atoms with Crippen molar-refractivity contribution in [3.8, 4) is 10.6 Å². The molecule has 17 heavy (non-hydrogen) atoms. The Morgan fingerprint density at radius 1 is 1.65 bits per heavy atom. The molecule has 0 saturated heterocycles. The van der Waals surface area contributed by atoms with E-state index in [1.54, 1.807) is 17.5 Å². The van der Waals surface area contributed by atoms with Crippen molar-refractivity contribution in [2.75, 3.05) is 0 Å². The smallest absolute Gasteiger partial charge is 0.314 e. The fraction of sp³-hybridized carbons (Fsp3) is 0.273. The molecule has 0 aliphatic rings. The van der Waals surface area contributed by atoms with Crippen molar-refractivity contribution in [2.45, 2.75) is 19.3 Å². The summed E-state index contributed by atoms with van der Waals surface area (Å²) in [4.78, 5) is 19.3. The highest BCUT2D eigenvalue weighted by molar-refractivity contribution is 9.11. The maximum atomic E-state index is 11.0. The summed E-state index contributed by atoms with van der Waals surface area (Å²) in [5, 5.41) is 9.05. The van der Waals surface area contributed by atoms with Crippen molar-refractivity contribution in [1.29, 1.82) is 0 Å². The minimum absolute atomic E-state index is 0.513. The van der Waals surface area contributed by atoms with E-state index < -0.39 is 11.9 Å². The van der Waals surface area contributed by atoms with E-state index in [0.717, 1.165) is 14.4 Å². The van der Waals surface area contributed by atoms with Crippen molar-refractivity contribution in [3.05, 3.63) is 27.9 Å². The molecular weight excluding hydrogens is 304 g/mol. The molecule has 0 radical (unpaired) electrons. The number of carboxylic acid groups (broad SMARTS) is 1. The average Bonchev–Trinajstić information content (AvgIpc) is 2.87. The Bertz CT molecular complexity index is 535. The Morgan fingerprint density at radius 2 is 2.41 bits per heavy atom. The van der Waals surface area contributed by atoms with Crippen LogP contribution >= 0.6 is 27.3 Å². The zero-order chi connectivity index (χ0) is 12.4. The van der Waals surface area contributed by atoms with Gasteiger partial charge in [-0.2, -0.15) is 0 Å². The molecule has 0 spiro atoms. The van der Waals surface area contributed by atoms with E-state index in [9.17, 15) is 4.79 Å². The number of hydrogen-bond acceptors (Lipinski definition) is 3. The number of aromatic nitrogens is 2. The number of aliphatic carboxylic acids is 1. The molecule has 6 heteroatoms. The molecule has 0 aliphatic carbocycles. The number of rotatable bonds is 4. The predicted octanol–water partition coefficient (Wildman–Crippen LogP) is 3.48. The molecule has 4 nitrogen and oxygen atoms in total. The van der Waals surface area contributed by atoms with Crippen LogP contribution in [0.25, 0.3) is 10.6 Å². The van der Waals surface area contributed by atoms with Gasteiger partial charge in [0.05, 0.1) is 20.6 Å². The van der Waals surface area contributed by atoms with E-state index in [2.05, 4.69) is 25.9 Å². The molecule has 0 aliphatic heterocycles. The third kappa shape index (κ3) is 2.58. The van der Waals surface area contributed by atoms with E-state index in [0.29, 0.717) is 12.2 Å². The molecule has 1 atom stereocenters. The third-order valence-corrected chi connectivity index (χ3v) is 4.13. The fourth-order valence-electron chi connectivity index (χ4n) is 1.58. The van der Waals surface area contributed by atoms with Crippen LogP contribution in [0, 0.1) is 0 Å². The summed E-state index contributed by atoms with van der Waals surface area (Å²) in [5.74, 6) is -0.896. The fourth-order valence-corrected chi connectivity index (χ4v) is 2.93. The number of carbonyl (C=O) groups is 1. The average molecular weight is 315 g/mol. The first-order valence-corrected chi connectivity index (χ1v) is 6.76. The quantitative estimate of drug-likeness (QED) is 0.908. The maximum absolute atomic E-state index is 11.0. The molecule has 1 unspecified atom stereocenters. The van der Waals surface area contributed by atoms with Crippen molar-refractivity contribution >= 4 is 33.2 Å². The van der Waals surface area contributed by atoms with Gasteiger partial charge in [0, 0.05) is 0 Å². The summed E-state index contributed by atoms with van der Waals surface area (Å²) < 4.78 is 1.04. The largest absolute Gasteiger partial charge is 0.481 e. The maximum Gasteiger partial charge on any atom is 0.314 e. The van der Waals surface area contributed by atoms with Crippen molar-refractivity contribution in [1.82, 2.24) is 9.97 Å². The number of thiophene rings is 1. The van der Waals surface area contributed by atoms with E-state index in [1.165, 1.54) is 0 Å². The van der Waals surface area contributed by atoms with Gasteiger partial charge in [0.25, 0.3) is 0 Å². The van der Waals surface area contributed by atoms with Crippen LogP contribution in [-0.4, -0.2) is 21.0 Å². The summed E-state index contributed by atoms with van der Waals surface area (Å²) in [7, 11) is 0. The number of imidazole rings is 1. The molecular formula is C11H11BrN2O2S. The molecule has 2 heterocycles. The third-order valence-electron chi connectivity index (χ3n) is 2.47. The lowest BCUT2D eigenvalue weighted by atomic mass is 10.1. The molecule has 2 aromatic heterocycles. The van der Waals surface area contributed by atoms with E-state index >= 15 is 0 Å². The first kappa shape index (κ1) is 12.3. The summed E-state index contributed by atoms with van der Waals surface area (Å²) in [6.45, 7) is 1.84. The van der Waals surface area contributed by atoms with Crippen LogP contribution in [0.2, 0.25) is 0 Å². The van der Waals surface area contributed by atoms with Gasteiger partial charge in [0.2, 0.25) is 0 Å². The number of carboxylic acids is 1. The first-order chi connectivity index (χ1) is 8.11. The lowest BCUT2D eigenvalue weighted by molar-refractivity contribution is -0.139. The van der Waals surface area contributed by atoms with Gasteiger partial charge in [-0.05, 0) is 34.5 Å². The highest BCUT2D eigenvalue weighted by Gasteiger charge is 2.21. The molecule has 90 valence electrons. The van der Waals surface area contributed by atoms with Crippen LogP contribution in [0.3, 0.4) is 0 Å². The Hall–Kier alpha value is -1.14. The topological polar surface area (TPSA) is 66.0 Å². The summed E-state index contributed by atoms with van der Waals surface area (Å²) >= 11 is 4.97. The molecule has 0 bridgehead atoms. The molecule has 2 rings (SSSR count). The van der Waals surface area contributed by atoms with Gasteiger partial charge < -0.3 is 10.1 Å². The van der Waals surface area contributed by atoms with E-state index in [1.807, 2.05) is 19.1 Å². The minimum Gasteiger partial charge on any atom is -0.481 e. The van der Waals surface area contributed by atoms with Gasteiger partial charge >= 0.3 is 5.97 Å².